The van der Waals surface area contributed by atoms with Crippen molar-refractivity contribution in [2.24, 2.45) is 0 Å². The molecule has 0 aromatic carbocycles. The number of carbonyl (C=O) groups excluding carboxylic acids is 1. The van der Waals surface area contributed by atoms with E-state index < -0.39 is 0 Å². The number of carbonyl (C=O) groups is 1. The first-order chi connectivity index (χ1) is 5.81. The van der Waals surface area contributed by atoms with Crippen LogP contribution in [0.5, 0.6) is 0 Å². The predicted octanol–water partition coefficient (Wildman–Crippen LogP) is 1.93. The largest absolute Gasteiger partial charge is 0.466 e. The fraction of sp³-hybridized carbons (Fsp3) is 0.889. The van der Waals surface area contributed by atoms with Gasteiger partial charge in [0, 0.05) is 6.42 Å². The molecule has 0 fully saturated rings. The Morgan fingerprint density at radius 2 is 2.00 bits per heavy atom. The lowest BCUT2D eigenvalue weighted by atomic mass is 10.2. The maximum atomic E-state index is 10.9. The Morgan fingerprint density at radius 1 is 1.25 bits per heavy atom. The highest BCUT2D eigenvalue weighted by Gasteiger charge is 2.00. The van der Waals surface area contributed by atoms with Gasteiger partial charge in [0.15, 0.2) is 0 Å². The molecule has 0 amide bonds. The van der Waals surface area contributed by atoms with Gasteiger partial charge in [0.05, 0.1) is 13.2 Å². The number of unbranched alkanes of at least 4 members (excludes halogenated alkanes) is 2. The molecule has 0 N–H and O–H groups in total. The van der Waals surface area contributed by atoms with Crippen LogP contribution in [0.25, 0.3) is 0 Å². The van der Waals surface area contributed by atoms with Crippen molar-refractivity contribution in [3.8, 4) is 0 Å². The normalized spacial score (nSPS) is 9.83. The van der Waals surface area contributed by atoms with Gasteiger partial charge in [0.25, 0.3) is 0 Å². The van der Waals surface area contributed by atoms with Crippen LogP contribution in [-0.2, 0) is 14.6 Å². The third-order valence-corrected chi connectivity index (χ3v) is 1.49. The molecule has 0 heterocycles. The molecule has 0 saturated carbocycles. The van der Waals surface area contributed by atoms with E-state index in [9.17, 15) is 9.90 Å². The van der Waals surface area contributed by atoms with Crippen molar-refractivity contribution in [3.63, 3.8) is 0 Å². The third-order valence-electron chi connectivity index (χ3n) is 1.49. The summed E-state index contributed by atoms with van der Waals surface area (Å²) >= 11 is 0. The number of hydrogen-bond donors (Lipinski definition) is 0. The van der Waals surface area contributed by atoms with Crippen molar-refractivity contribution < 1.29 is 14.6 Å². The summed E-state index contributed by atoms with van der Waals surface area (Å²) in [4.78, 5) is 10.9. The second-order valence-electron chi connectivity index (χ2n) is 2.74. The summed E-state index contributed by atoms with van der Waals surface area (Å²) in [6, 6.07) is 0. The monoisotopic (exact) mass is 173 g/mol. The van der Waals surface area contributed by atoms with Crippen LogP contribution >= 0.6 is 0 Å². The highest BCUT2D eigenvalue weighted by molar-refractivity contribution is 5.69. The molecule has 0 aliphatic rings. The van der Waals surface area contributed by atoms with Crippen molar-refractivity contribution in [1.29, 1.82) is 0 Å². The molecular formula is C9H17O3. The molecule has 12 heavy (non-hydrogen) atoms. The smallest absolute Gasteiger partial charge is 0.305 e. The zero-order valence-electron chi connectivity index (χ0n) is 7.67. The number of rotatable bonds is 7. The topological polar surface area (TPSA) is 46.2 Å². The Kier molecular flexibility index (Phi) is 8.12. The van der Waals surface area contributed by atoms with E-state index in [0.29, 0.717) is 19.4 Å². The number of ether oxygens (including phenoxy) is 1. The molecule has 1 radical (unpaired) electrons. The van der Waals surface area contributed by atoms with Gasteiger partial charge in [-0.15, -0.1) is 0 Å². The first kappa shape index (κ1) is 11.4. The van der Waals surface area contributed by atoms with E-state index in [1.54, 1.807) is 0 Å². The first-order valence-corrected chi connectivity index (χ1v) is 4.55. The Balaban J connectivity index is 3.08. The fourth-order valence-electron chi connectivity index (χ4n) is 0.836. The summed E-state index contributed by atoms with van der Waals surface area (Å²) < 4.78 is 4.85. The van der Waals surface area contributed by atoms with E-state index in [1.165, 1.54) is 0 Å². The molecule has 0 aliphatic carbocycles. The predicted molar refractivity (Wildman–Crippen MR) is 45.3 cm³/mol. The Morgan fingerprint density at radius 3 is 2.58 bits per heavy atom. The first-order valence-electron chi connectivity index (χ1n) is 4.55. The highest BCUT2D eigenvalue weighted by atomic mass is 16.5. The average molecular weight is 173 g/mol. The standard InChI is InChI=1S/C9H17O3/c1-2-8-12-9(11)6-4-3-5-7-10/h2-8H2,1H3. The molecular weight excluding hydrogens is 156 g/mol. The van der Waals surface area contributed by atoms with E-state index >= 15 is 0 Å². The molecule has 0 aliphatic heterocycles. The maximum absolute atomic E-state index is 10.9. The van der Waals surface area contributed by atoms with E-state index in [4.69, 9.17) is 4.74 Å². The quantitative estimate of drug-likeness (QED) is 0.436. The molecule has 3 heteroatoms. The molecule has 0 aromatic rings. The van der Waals surface area contributed by atoms with Crippen molar-refractivity contribution in [1.82, 2.24) is 0 Å². The number of esters is 1. The minimum Gasteiger partial charge on any atom is -0.466 e. The van der Waals surface area contributed by atoms with Crippen molar-refractivity contribution in [2.45, 2.75) is 39.0 Å². The molecule has 0 bridgehead atoms. The van der Waals surface area contributed by atoms with Gasteiger partial charge in [-0.05, 0) is 19.3 Å². The molecule has 3 nitrogen and oxygen atoms in total. The molecule has 0 saturated heterocycles. The summed E-state index contributed by atoms with van der Waals surface area (Å²) in [7, 11) is 0. The van der Waals surface area contributed by atoms with Gasteiger partial charge in [-0.3, -0.25) is 4.79 Å². The van der Waals surface area contributed by atoms with E-state index in [1.807, 2.05) is 6.92 Å². The summed E-state index contributed by atoms with van der Waals surface area (Å²) in [6.07, 6.45) is 3.61. The van der Waals surface area contributed by atoms with E-state index in [0.717, 1.165) is 19.3 Å². The average Bonchev–Trinajstić information content (AvgIpc) is 2.09. The van der Waals surface area contributed by atoms with Gasteiger partial charge in [-0.1, -0.05) is 13.3 Å². The molecule has 71 valence electrons. The Labute approximate surface area is 73.7 Å². The van der Waals surface area contributed by atoms with Gasteiger partial charge in [0.1, 0.15) is 0 Å². The van der Waals surface area contributed by atoms with Crippen LogP contribution in [0.15, 0.2) is 0 Å². The molecule has 0 unspecified atom stereocenters. The van der Waals surface area contributed by atoms with Gasteiger partial charge in [-0.2, -0.15) is 0 Å². The Hall–Kier alpha value is -0.570. The van der Waals surface area contributed by atoms with Gasteiger partial charge in [-0.25, -0.2) is 5.11 Å². The SMILES string of the molecule is CCCOC(=O)CCCCC[O]. The minimum absolute atomic E-state index is 0.0377. The second kappa shape index (κ2) is 8.53. The third kappa shape index (κ3) is 7.54. The second-order valence-corrected chi connectivity index (χ2v) is 2.74. The van der Waals surface area contributed by atoms with Crippen LogP contribution in [0.2, 0.25) is 0 Å². The van der Waals surface area contributed by atoms with Crippen LogP contribution in [-0.4, -0.2) is 19.2 Å². The Bertz CT molecular complexity index is 112. The summed E-state index contributed by atoms with van der Waals surface area (Å²) in [5.74, 6) is -0.136. The molecule has 0 rings (SSSR count). The molecule has 0 aromatic heterocycles. The molecule has 0 spiro atoms. The van der Waals surface area contributed by atoms with Gasteiger partial charge >= 0.3 is 5.97 Å². The summed E-state index contributed by atoms with van der Waals surface area (Å²) in [6.45, 7) is 2.44. The van der Waals surface area contributed by atoms with Gasteiger partial charge in [0.2, 0.25) is 0 Å². The van der Waals surface area contributed by atoms with Crippen molar-refractivity contribution >= 4 is 5.97 Å². The van der Waals surface area contributed by atoms with Gasteiger partial charge < -0.3 is 4.74 Å². The zero-order chi connectivity index (χ0) is 9.23. The van der Waals surface area contributed by atoms with Crippen LogP contribution in [0, 0.1) is 0 Å². The number of hydrogen-bond acceptors (Lipinski definition) is 2. The lowest BCUT2D eigenvalue weighted by Gasteiger charge is -2.01. The summed E-state index contributed by atoms with van der Waals surface area (Å²) in [5.41, 5.74) is 0. The highest BCUT2D eigenvalue weighted by Crippen LogP contribution is 2.00. The zero-order valence-corrected chi connectivity index (χ0v) is 7.67. The van der Waals surface area contributed by atoms with Crippen LogP contribution in [0.4, 0.5) is 0 Å². The van der Waals surface area contributed by atoms with E-state index in [-0.39, 0.29) is 12.6 Å². The van der Waals surface area contributed by atoms with Crippen LogP contribution < -0.4 is 0 Å². The van der Waals surface area contributed by atoms with Crippen LogP contribution in [0.1, 0.15) is 39.0 Å². The lowest BCUT2D eigenvalue weighted by molar-refractivity contribution is -0.143. The summed E-state index contributed by atoms with van der Waals surface area (Å²) in [5, 5.41) is 10.0. The minimum atomic E-state index is -0.136. The fourth-order valence-corrected chi connectivity index (χ4v) is 0.836. The molecule has 0 atom stereocenters. The van der Waals surface area contributed by atoms with Crippen molar-refractivity contribution in [3.05, 3.63) is 0 Å². The van der Waals surface area contributed by atoms with Crippen LogP contribution in [0.3, 0.4) is 0 Å². The van der Waals surface area contributed by atoms with E-state index in [2.05, 4.69) is 0 Å². The lowest BCUT2D eigenvalue weighted by Crippen LogP contribution is -2.04. The van der Waals surface area contributed by atoms with Crippen molar-refractivity contribution in [2.75, 3.05) is 13.2 Å². The maximum Gasteiger partial charge on any atom is 0.305 e.